The fraction of sp³-hybridized carbons (Fsp3) is 0.250. The van der Waals surface area contributed by atoms with Crippen molar-refractivity contribution in [3.05, 3.63) is 70.7 Å². The third kappa shape index (κ3) is 4.68. The zero-order valence-electron chi connectivity index (χ0n) is 19.4. The van der Waals surface area contributed by atoms with Crippen molar-refractivity contribution >= 4 is 67.8 Å². The Kier molecular flexibility index (Phi) is 6.44. The van der Waals surface area contributed by atoms with Crippen molar-refractivity contribution in [3.63, 3.8) is 0 Å². The van der Waals surface area contributed by atoms with Crippen LogP contribution in [0.3, 0.4) is 0 Å². The number of para-hydroxylation sites is 1. The second-order valence-corrected chi connectivity index (χ2v) is 11.8. The predicted molar refractivity (Wildman–Crippen MR) is 144 cm³/mol. The van der Waals surface area contributed by atoms with Crippen LogP contribution in [0, 0.1) is 6.92 Å². The molecule has 36 heavy (non-hydrogen) atoms. The van der Waals surface area contributed by atoms with Crippen LogP contribution in [0.25, 0.3) is 0 Å². The highest BCUT2D eigenvalue weighted by Crippen LogP contribution is 2.37. The van der Waals surface area contributed by atoms with Gasteiger partial charge < -0.3 is 15.1 Å². The zero-order valence-corrected chi connectivity index (χ0v) is 21.7. The lowest BCUT2D eigenvalue weighted by Gasteiger charge is -2.35. The summed E-state index contributed by atoms with van der Waals surface area (Å²) in [6.07, 6.45) is 1.48. The third-order valence-electron chi connectivity index (χ3n) is 6.19. The summed E-state index contributed by atoms with van der Waals surface area (Å²) in [5.41, 5.74) is 3.16. The lowest BCUT2D eigenvalue weighted by atomic mass is 10.1. The van der Waals surface area contributed by atoms with Crippen molar-refractivity contribution in [3.8, 4) is 0 Å². The molecule has 187 valence electrons. The topological polar surface area (TPSA) is 98.7 Å². The molecule has 0 bridgehead atoms. The normalized spacial score (nSPS) is 17.2. The van der Waals surface area contributed by atoms with Crippen molar-refractivity contribution in [2.24, 2.45) is 0 Å². The Hall–Kier alpha value is -3.08. The summed E-state index contributed by atoms with van der Waals surface area (Å²) < 4.78 is 23.5. The van der Waals surface area contributed by atoms with Crippen molar-refractivity contribution in [2.45, 2.75) is 0 Å². The van der Waals surface area contributed by atoms with E-state index in [0.717, 1.165) is 16.9 Å². The number of aromatic nitrogens is 2. The number of rotatable bonds is 4. The molecule has 2 aliphatic rings. The second-order valence-electron chi connectivity index (χ2n) is 8.68. The first-order chi connectivity index (χ1) is 17.1. The molecule has 9 nitrogen and oxygen atoms in total. The van der Waals surface area contributed by atoms with E-state index in [-0.39, 0.29) is 24.1 Å². The Labute approximate surface area is 219 Å². The van der Waals surface area contributed by atoms with Gasteiger partial charge in [0.2, 0.25) is 5.95 Å². The number of hydrogen-bond acceptors (Lipinski definition) is 8. The van der Waals surface area contributed by atoms with Gasteiger partial charge >= 0.3 is 0 Å². The van der Waals surface area contributed by atoms with Crippen molar-refractivity contribution in [2.75, 3.05) is 58.3 Å². The van der Waals surface area contributed by atoms with Gasteiger partial charge in [0.1, 0.15) is 11.4 Å². The minimum Gasteiger partial charge on any atom is -0.369 e. The molecule has 1 N–H and O–H groups in total. The maximum Gasteiger partial charge on any atom is 0.265 e. The highest BCUT2D eigenvalue weighted by atomic mass is 35.5. The Bertz CT molecular complexity index is 1430. The lowest BCUT2D eigenvalue weighted by Crippen LogP contribution is -2.46. The number of fused-ring (bicyclic) bond motifs is 1. The molecular formula is C24H23Cl2N6O3S. The van der Waals surface area contributed by atoms with Crippen LogP contribution in [0.5, 0.6) is 0 Å². The fourth-order valence-corrected chi connectivity index (χ4v) is 6.14. The standard InChI is InChI=1S/C24H23Cl2N6O3S/c1-15-12-16(6-7-20(15)31-8-10-36(34,35)11-9-31)28-24-27-13-17-22(29-24)30(2)14-32(23(17)33)21-18(25)4-3-5-19(21)26/h3-7,12-13H,1,8-11,14H2,2H3,(H,27,28,29). The maximum atomic E-state index is 13.2. The third-order valence-corrected chi connectivity index (χ3v) is 8.41. The van der Waals surface area contributed by atoms with Gasteiger partial charge in [-0.3, -0.25) is 9.69 Å². The van der Waals surface area contributed by atoms with E-state index in [2.05, 4.69) is 22.2 Å². The SMILES string of the molecule is [CH2]c1cc(Nc2ncc3c(n2)N(C)CN(c2c(Cl)cccc2Cl)C3=O)ccc1N1CCS(=O)(=O)CC1. The number of carbonyl (C=O) groups is 1. The first-order valence-corrected chi connectivity index (χ1v) is 13.7. The highest BCUT2D eigenvalue weighted by Gasteiger charge is 2.32. The molecule has 1 aromatic heterocycles. The number of anilines is 5. The van der Waals surface area contributed by atoms with Crippen molar-refractivity contribution in [1.29, 1.82) is 0 Å². The van der Waals surface area contributed by atoms with Crippen molar-refractivity contribution in [1.82, 2.24) is 9.97 Å². The van der Waals surface area contributed by atoms with E-state index in [1.165, 1.54) is 11.1 Å². The molecule has 12 heteroatoms. The number of nitrogens with one attached hydrogen (secondary N) is 1. The molecule has 1 fully saturated rings. The molecule has 1 saturated heterocycles. The average molecular weight is 546 g/mol. The Morgan fingerprint density at radius 3 is 2.44 bits per heavy atom. The summed E-state index contributed by atoms with van der Waals surface area (Å²) in [4.78, 5) is 27.5. The van der Waals surface area contributed by atoms with Gasteiger partial charge in [-0.15, -0.1) is 0 Å². The number of amides is 1. The summed E-state index contributed by atoms with van der Waals surface area (Å²) in [6, 6.07) is 10.7. The molecule has 2 aromatic carbocycles. The van der Waals surface area contributed by atoms with Gasteiger partial charge in [-0.1, -0.05) is 29.3 Å². The molecule has 0 saturated carbocycles. The van der Waals surface area contributed by atoms with Gasteiger partial charge in [-0.25, -0.2) is 13.4 Å². The van der Waals surface area contributed by atoms with Gasteiger partial charge in [0, 0.05) is 37.7 Å². The summed E-state index contributed by atoms with van der Waals surface area (Å²) in [5, 5.41) is 3.92. The number of benzene rings is 2. The molecule has 0 atom stereocenters. The number of nitrogens with zero attached hydrogens (tertiary/aromatic N) is 5. The molecule has 3 aromatic rings. The van der Waals surface area contributed by atoms with E-state index in [1.54, 1.807) is 18.2 Å². The van der Waals surface area contributed by atoms with Crippen molar-refractivity contribution < 1.29 is 13.2 Å². The van der Waals surface area contributed by atoms with Crippen LogP contribution in [0.15, 0.2) is 42.6 Å². The molecule has 0 aliphatic carbocycles. The molecule has 1 radical (unpaired) electrons. The average Bonchev–Trinajstić information content (AvgIpc) is 2.82. The van der Waals surface area contributed by atoms with E-state index < -0.39 is 9.84 Å². The number of sulfone groups is 1. The Balaban J connectivity index is 1.36. The quantitative estimate of drug-likeness (QED) is 0.525. The van der Waals surface area contributed by atoms with Gasteiger partial charge in [-0.05, 0) is 42.8 Å². The predicted octanol–water partition coefficient (Wildman–Crippen LogP) is 4.00. The van der Waals surface area contributed by atoms with Gasteiger partial charge in [0.15, 0.2) is 9.84 Å². The summed E-state index contributed by atoms with van der Waals surface area (Å²) in [7, 11) is -1.14. The Morgan fingerprint density at radius 1 is 1.08 bits per heavy atom. The van der Waals surface area contributed by atoms with Gasteiger partial charge in [0.05, 0.1) is 33.9 Å². The highest BCUT2D eigenvalue weighted by molar-refractivity contribution is 7.91. The summed E-state index contributed by atoms with van der Waals surface area (Å²) >= 11 is 12.7. The van der Waals surface area contributed by atoms with Crippen LogP contribution in [-0.2, 0) is 9.84 Å². The molecule has 0 spiro atoms. The zero-order chi connectivity index (χ0) is 25.6. The molecular weight excluding hydrogens is 523 g/mol. The second kappa shape index (κ2) is 9.42. The van der Waals surface area contributed by atoms with Crippen LogP contribution < -0.4 is 20.0 Å². The van der Waals surface area contributed by atoms with Gasteiger partial charge in [0.25, 0.3) is 5.91 Å². The fourth-order valence-electron chi connectivity index (χ4n) is 4.34. The van der Waals surface area contributed by atoms with E-state index >= 15 is 0 Å². The van der Waals surface area contributed by atoms with Crippen LogP contribution >= 0.6 is 23.2 Å². The summed E-state index contributed by atoms with van der Waals surface area (Å²) in [6.45, 7) is 5.24. The number of carbonyl (C=O) groups excluding carboxylic acids is 1. The minimum absolute atomic E-state index is 0.141. The molecule has 5 rings (SSSR count). The van der Waals surface area contributed by atoms with E-state index in [0.29, 0.717) is 46.2 Å². The first-order valence-electron chi connectivity index (χ1n) is 11.2. The molecule has 3 heterocycles. The minimum atomic E-state index is -2.96. The summed E-state index contributed by atoms with van der Waals surface area (Å²) in [5.74, 6) is 0.799. The van der Waals surface area contributed by atoms with E-state index in [4.69, 9.17) is 23.2 Å². The largest absolute Gasteiger partial charge is 0.369 e. The maximum absolute atomic E-state index is 13.2. The number of halogens is 2. The monoisotopic (exact) mass is 545 g/mol. The lowest BCUT2D eigenvalue weighted by molar-refractivity contribution is 0.0982. The van der Waals surface area contributed by atoms with Crippen LogP contribution in [-0.4, -0.2) is 62.6 Å². The first kappa shape index (κ1) is 24.6. The smallest absolute Gasteiger partial charge is 0.265 e. The van der Waals surface area contributed by atoms with Crippen LogP contribution in [0.1, 0.15) is 15.9 Å². The van der Waals surface area contributed by atoms with Gasteiger partial charge in [-0.2, -0.15) is 4.98 Å². The van der Waals surface area contributed by atoms with Crippen LogP contribution in [0.4, 0.5) is 28.8 Å². The molecule has 2 aliphatic heterocycles. The molecule has 0 unspecified atom stereocenters. The number of hydrogen-bond donors (Lipinski definition) is 1. The Morgan fingerprint density at radius 2 is 1.78 bits per heavy atom. The molecule has 1 amide bonds. The van der Waals surface area contributed by atoms with E-state index in [9.17, 15) is 13.2 Å². The van der Waals surface area contributed by atoms with E-state index in [1.807, 2.05) is 35.0 Å². The van der Waals surface area contributed by atoms with Crippen LogP contribution in [0.2, 0.25) is 10.0 Å².